The standard InChI is InChI=1S/C14H15ClN2O3/c1-19-14(18)9-2-4-10(5-3-9)20-11-6-12(15)13(7-16)17-8-11/h6,8-10H,2-5H2,1H3. The summed E-state index contributed by atoms with van der Waals surface area (Å²) in [5, 5.41) is 9.04. The van der Waals surface area contributed by atoms with Crippen LogP contribution >= 0.6 is 11.6 Å². The third-order valence-electron chi connectivity index (χ3n) is 3.43. The molecule has 20 heavy (non-hydrogen) atoms. The number of hydrogen-bond acceptors (Lipinski definition) is 5. The van der Waals surface area contributed by atoms with E-state index in [0.29, 0.717) is 5.75 Å². The van der Waals surface area contributed by atoms with Gasteiger partial charge in [0.05, 0.1) is 30.4 Å². The second-order valence-corrected chi connectivity index (χ2v) is 5.14. The van der Waals surface area contributed by atoms with Gasteiger partial charge in [-0.05, 0) is 25.7 Å². The minimum absolute atomic E-state index is 0.0254. The number of ether oxygens (including phenoxy) is 2. The van der Waals surface area contributed by atoms with Gasteiger partial charge in [-0.3, -0.25) is 4.79 Å². The van der Waals surface area contributed by atoms with Gasteiger partial charge in [-0.1, -0.05) is 11.6 Å². The van der Waals surface area contributed by atoms with Crippen LogP contribution in [0.2, 0.25) is 5.02 Å². The Morgan fingerprint density at radius 1 is 1.45 bits per heavy atom. The summed E-state index contributed by atoms with van der Waals surface area (Å²) in [4.78, 5) is 15.4. The molecule has 0 atom stereocenters. The summed E-state index contributed by atoms with van der Waals surface area (Å²) >= 11 is 5.90. The summed E-state index contributed by atoms with van der Waals surface area (Å²) in [6, 6.07) is 3.50. The van der Waals surface area contributed by atoms with Gasteiger partial charge in [0.15, 0.2) is 5.69 Å². The van der Waals surface area contributed by atoms with Crippen LogP contribution in [0.15, 0.2) is 12.3 Å². The average molecular weight is 295 g/mol. The van der Waals surface area contributed by atoms with Crippen molar-refractivity contribution in [3.63, 3.8) is 0 Å². The van der Waals surface area contributed by atoms with Crippen LogP contribution in [-0.2, 0) is 9.53 Å². The molecular weight excluding hydrogens is 280 g/mol. The molecular formula is C14H15ClN2O3. The van der Waals surface area contributed by atoms with E-state index < -0.39 is 0 Å². The number of nitriles is 1. The molecule has 1 fully saturated rings. The molecule has 0 radical (unpaired) electrons. The number of carbonyl (C=O) groups is 1. The molecule has 0 unspecified atom stereocenters. The van der Waals surface area contributed by atoms with Crippen molar-refractivity contribution >= 4 is 17.6 Å². The number of carbonyl (C=O) groups excluding carboxylic acids is 1. The summed E-state index contributed by atoms with van der Waals surface area (Å²) in [5.41, 5.74) is 0.188. The smallest absolute Gasteiger partial charge is 0.308 e. The Bertz CT molecular complexity index is 534. The maximum atomic E-state index is 11.4. The third kappa shape index (κ3) is 3.40. The lowest BCUT2D eigenvalue weighted by Gasteiger charge is -2.27. The van der Waals surface area contributed by atoms with Crippen LogP contribution in [0.25, 0.3) is 0 Å². The zero-order chi connectivity index (χ0) is 14.5. The number of hydrogen-bond donors (Lipinski definition) is 0. The lowest BCUT2D eigenvalue weighted by Crippen LogP contribution is -2.28. The van der Waals surface area contributed by atoms with Crippen molar-refractivity contribution in [3.8, 4) is 11.8 Å². The highest BCUT2D eigenvalue weighted by Crippen LogP contribution is 2.29. The zero-order valence-corrected chi connectivity index (χ0v) is 11.9. The molecule has 1 aliphatic rings. The second kappa shape index (κ2) is 6.58. The molecule has 6 heteroatoms. The number of esters is 1. The fraction of sp³-hybridized carbons (Fsp3) is 0.500. The molecule has 1 saturated carbocycles. The Morgan fingerprint density at radius 3 is 2.70 bits per heavy atom. The number of methoxy groups -OCH3 is 1. The van der Waals surface area contributed by atoms with Crippen LogP contribution in [0.5, 0.6) is 5.75 Å². The average Bonchev–Trinajstić information content (AvgIpc) is 2.47. The van der Waals surface area contributed by atoms with E-state index >= 15 is 0 Å². The summed E-state index contributed by atoms with van der Waals surface area (Å²) in [5.74, 6) is 0.379. The fourth-order valence-corrected chi connectivity index (χ4v) is 2.54. The summed E-state index contributed by atoms with van der Waals surface area (Å²) in [6.07, 6.45) is 4.64. The van der Waals surface area contributed by atoms with Crippen molar-refractivity contribution in [2.24, 2.45) is 5.92 Å². The minimum atomic E-state index is -0.147. The number of rotatable bonds is 3. The van der Waals surface area contributed by atoms with Gasteiger partial charge in [-0.2, -0.15) is 5.26 Å². The highest BCUT2D eigenvalue weighted by atomic mass is 35.5. The van der Waals surface area contributed by atoms with Gasteiger partial charge < -0.3 is 9.47 Å². The first kappa shape index (κ1) is 14.6. The van der Waals surface area contributed by atoms with Crippen LogP contribution in [0.1, 0.15) is 31.4 Å². The largest absolute Gasteiger partial charge is 0.489 e. The summed E-state index contributed by atoms with van der Waals surface area (Å²) in [7, 11) is 1.41. The Morgan fingerprint density at radius 2 is 2.15 bits per heavy atom. The summed E-state index contributed by atoms with van der Waals surface area (Å²) < 4.78 is 10.5. The number of pyridine rings is 1. The first-order valence-electron chi connectivity index (χ1n) is 6.44. The van der Waals surface area contributed by atoms with Crippen LogP contribution in [0, 0.1) is 17.2 Å². The topological polar surface area (TPSA) is 72.2 Å². The molecule has 1 aliphatic carbocycles. The highest BCUT2D eigenvalue weighted by Gasteiger charge is 2.27. The quantitative estimate of drug-likeness (QED) is 0.802. The Hall–Kier alpha value is -1.80. The van der Waals surface area contributed by atoms with Gasteiger partial charge >= 0.3 is 5.97 Å². The molecule has 1 aromatic heterocycles. The number of nitrogens with zero attached hydrogens (tertiary/aromatic N) is 2. The normalized spacial score (nSPS) is 21.9. The van der Waals surface area contributed by atoms with E-state index in [2.05, 4.69) is 4.98 Å². The fourth-order valence-electron chi connectivity index (χ4n) is 2.34. The van der Waals surface area contributed by atoms with Gasteiger partial charge in [-0.15, -0.1) is 0 Å². The van der Waals surface area contributed by atoms with Crippen molar-refractivity contribution < 1.29 is 14.3 Å². The van der Waals surface area contributed by atoms with Gasteiger partial charge in [-0.25, -0.2) is 4.98 Å². The molecule has 0 N–H and O–H groups in total. The molecule has 0 amide bonds. The maximum absolute atomic E-state index is 11.4. The van der Waals surface area contributed by atoms with Crippen molar-refractivity contribution in [2.75, 3.05) is 7.11 Å². The monoisotopic (exact) mass is 294 g/mol. The molecule has 0 bridgehead atoms. The van der Waals surface area contributed by atoms with Crippen molar-refractivity contribution in [2.45, 2.75) is 31.8 Å². The number of halogens is 1. The maximum Gasteiger partial charge on any atom is 0.308 e. The van der Waals surface area contributed by atoms with Gasteiger partial charge in [0, 0.05) is 6.07 Å². The molecule has 0 saturated heterocycles. The van der Waals surface area contributed by atoms with Crippen molar-refractivity contribution in [1.29, 1.82) is 5.26 Å². The van der Waals surface area contributed by atoms with E-state index in [1.807, 2.05) is 6.07 Å². The molecule has 0 aliphatic heterocycles. The zero-order valence-electron chi connectivity index (χ0n) is 11.1. The van der Waals surface area contributed by atoms with E-state index in [4.69, 9.17) is 26.3 Å². The van der Waals surface area contributed by atoms with Crippen molar-refractivity contribution in [1.82, 2.24) is 4.98 Å². The Kier molecular flexibility index (Phi) is 4.80. The molecule has 2 rings (SSSR count). The minimum Gasteiger partial charge on any atom is -0.489 e. The summed E-state index contributed by atoms with van der Waals surface area (Å²) in [6.45, 7) is 0. The molecule has 106 valence electrons. The lowest BCUT2D eigenvalue weighted by molar-refractivity contribution is -0.147. The number of aromatic nitrogens is 1. The lowest BCUT2D eigenvalue weighted by atomic mass is 9.87. The molecule has 1 heterocycles. The van der Waals surface area contributed by atoms with Crippen LogP contribution < -0.4 is 4.74 Å². The molecule has 1 aromatic rings. The van der Waals surface area contributed by atoms with Crippen LogP contribution in [-0.4, -0.2) is 24.2 Å². The van der Waals surface area contributed by atoms with Crippen LogP contribution in [0.4, 0.5) is 0 Å². The van der Waals surface area contributed by atoms with E-state index in [1.54, 1.807) is 6.07 Å². The Balaban J connectivity index is 1.91. The Labute approximate surface area is 122 Å². The van der Waals surface area contributed by atoms with Crippen molar-refractivity contribution in [3.05, 3.63) is 23.0 Å². The molecule has 0 spiro atoms. The van der Waals surface area contributed by atoms with Gasteiger partial charge in [0.1, 0.15) is 11.8 Å². The van der Waals surface area contributed by atoms with E-state index in [0.717, 1.165) is 25.7 Å². The van der Waals surface area contributed by atoms with Gasteiger partial charge in [0.2, 0.25) is 0 Å². The SMILES string of the molecule is COC(=O)C1CCC(Oc2cnc(C#N)c(Cl)c2)CC1. The third-order valence-corrected chi connectivity index (χ3v) is 3.72. The molecule has 0 aromatic carbocycles. The first-order valence-corrected chi connectivity index (χ1v) is 6.82. The molecule has 5 nitrogen and oxygen atoms in total. The predicted octanol–water partition coefficient (Wildman–Crippen LogP) is 2.72. The van der Waals surface area contributed by atoms with Gasteiger partial charge in [0.25, 0.3) is 0 Å². The second-order valence-electron chi connectivity index (χ2n) is 4.73. The first-order chi connectivity index (χ1) is 9.63. The van der Waals surface area contributed by atoms with E-state index in [1.165, 1.54) is 13.3 Å². The van der Waals surface area contributed by atoms with E-state index in [9.17, 15) is 4.79 Å². The van der Waals surface area contributed by atoms with Crippen LogP contribution in [0.3, 0.4) is 0 Å². The van der Waals surface area contributed by atoms with E-state index in [-0.39, 0.29) is 28.7 Å². The highest BCUT2D eigenvalue weighted by molar-refractivity contribution is 6.31. The predicted molar refractivity (Wildman–Crippen MR) is 72.4 cm³/mol.